The molecule has 4 aromatic carbocycles. The van der Waals surface area contributed by atoms with Crippen LogP contribution in [-0.2, 0) is 18.6 Å². The maximum absolute atomic E-state index is 14.2. The van der Waals surface area contributed by atoms with Crippen molar-refractivity contribution in [2.75, 3.05) is 38.8 Å². The van der Waals surface area contributed by atoms with Crippen LogP contribution in [0, 0.1) is 5.41 Å². The Kier molecular flexibility index (Phi) is 9.00. The summed E-state index contributed by atoms with van der Waals surface area (Å²) < 4.78 is 40.6. The Bertz CT molecular complexity index is 1210. The van der Waals surface area contributed by atoms with E-state index in [4.69, 9.17) is 9.47 Å². The lowest BCUT2D eigenvalue weighted by Gasteiger charge is -2.22. The summed E-state index contributed by atoms with van der Waals surface area (Å²) in [6.45, 7) is 2.04. The van der Waals surface area contributed by atoms with Crippen molar-refractivity contribution in [3.63, 3.8) is 0 Å². The van der Waals surface area contributed by atoms with Gasteiger partial charge in [-0.05, 0) is 12.8 Å². The molecule has 1 fully saturated rings. The van der Waals surface area contributed by atoms with Gasteiger partial charge in [-0.2, -0.15) is 0 Å². The van der Waals surface area contributed by atoms with Gasteiger partial charge in [0, 0.05) is 39.0 Å². The average molecular weight is 559 g/mol. The Labute approximate surface area is 232 Å². The van der Waals surface area contributed by atoms with Crippen molar-refractivity contribution in [2.24, 2.45) is 5.41 Å². The van der Waals surface area contributed by atoms with Gasteiger partial charge in [0.1, 0.15) is 14.3 Å². The highest BCUT2D eigenvalue weighted by Gasteiger charge is 2.43. The lowest BCUT2D eigenvalue weighted by Crippen LogP contribution is -2.24. The molecule has 0 spiro atoms. The number of ether oxygens (including phenoxy) is 2. The molecule has 0 aliphatic heterocycles. The third-order valence-electron chi connectivity index (χ3n) is 7.57. The van der Waals surface area contributed by atoms with Crippen molar-refractivity contribution >= 4 is 35.5 Å². The quantitative estimate of drug-likeness (QED) is 0.144. The number of hydrogen-bond acceptors (Lipinski definition) is 4. The molecule has 1 aliphatic rings. The number of benzene rings is 4. The summed E-state index contributed by atoms with van der Waals surface area (Å²) in [6, 6.07) is 38.9. The van der Waals surface area contributed by atoms with Crippen LogP contribution in [0.2, 0.25) is 0 Å². The van der Waals surface area contributed by atoms with Gasteiger partial charge in [0.15, 0.2) is 0 Å². The molecule has 5 rings (SSSR count). The normalized spacial score (nSPS) is 14.7. The van der Waals surface area contributed by atoms with E-state index in [9.17, 15) is 9.13 Å². The van der Waals surface area contributed by atoms with Gasteiger partial charge in [-0.15, -0.1) is 0 Å². The van der Waals surface area contributed by atoms with Crippen LogP contribution in [0.3, 0.4) is 0 Å². The molecule has 0 radical (unpaired) electrons. The van der Waals surface area contributed by atoms with E-state index in [2.05, 4.69) is 0 Å². The molecule has 0 aromatic heterocycles. The van der Waals surface area contributed by atoms with Crippen molar-refractivity contribution in [2.45, 2.75) is 12.8 Å². The first-order valence-corrected chi connectivity index (χ1v) is 17.4. The number of hydrogen-bond donors (Lipinski definition) is 0. The van der Waals surface area contributed by atoms with Gasteiger partial charge in [0.25, 0.3) is 0 Å². The maximum atomic E-state index is 14.2. The Morgan fingerprint density at radius 2 is 0.769 bits per heavy atom. The van der Waals surface area contributed by atoms with Crippen molar-refractivity contribution in [1.82, 2.24) is 0 Å². The van der Waals surface area contributed by atoms with E-state index in [0.29, 0.717) is 38.8 Å². The molecule has 0 N–H and O–H groups in total. The molecule has 0 saturated heterocycles. The molecule has 6 heteroatoms. The average Bonchev–Trinajstić information content (AvgIpc) is 3.79. The van der Waals surface area contributed by atoms with E-state index in [1.54, 1.807) is 0 Å². The van der Waals surface area contributed by atoms with Gasteiger partial charge in [0.05, 0.1) is 26.4 Å². The summed E-state index contributed by atoms with van der Waals surface area (Å²) in [6.07, 6.45) is 3.04. The van der Waals surface area contributed by atoms with Gasteiger partial charge in [-0.3, -0.25) is 0 Å². The first kappa shape index (κ1) is 27.8. The predicted molar refractivity (Wildman–Crippen MR) is 163 cm³/mol. The molecular formula is C33H36O4P2. The van der Waals surface area contributed by atoms with Gasteiger partial charge < -0.3 is 18.6 Å². The molecule has 0 heterocycles. The predicted octanol–water partition coefficient (Wildman–Crippen LogP) is 5.83. The van der Waals surface area contributed by atoms with E-state index < -0.39 is 14.3 Å². The summed E-state index contributed by atoms with van der Waals surface area (Å²) >= 11 is 0. The molecule has 0 bridgehead atoms. The SMILES string of the molecule is O=P(CCOCC1(COCCP(=O)(c2ccccc2)c2ccccc2)CC1)(c1ccccc1)c1ccccc1. The minimum absolute atomic E-state index is 0.00691. The lowest BCUT2D eigenvalue weighted by atomic mass is 10.1. The van der Waals surface area contributed by atoms with Crippen molar-refractivity contribution < 1.29 is 18.6 Å². The third kappa shape index (κ3) is 6.71. The van der Waals surface area contributed by atoms with Crippen LogP contribution in [0.1, 0.15) is 12.8 Å². The fourth-order valence-electron chi connectivity index (χ4n) is 4.96. The highest BCUT2D eigenvalue weighted by atomic mass is 31.2. The van der Waals surface area contributed by atoms with Gasteiger partial charge in [0.2, 0.25) is 0 Å². The van der Waals surface area contributed by atoms with Crippen LogP contribution in [0.15, 0.2) is 121 Å². The summed E-state index contributed by atoms with van der Waals surface area (Å²) in [5.41, 5.74) is 0.00691. The summed E-state index contributed by atoms with van der Waals surface area (Å²) in [5, 5.41) is 3.46. The van der Waals surface area contributed by atoms with E-state index in [1.165, 1.54) is 0 Å². The number of rotatable bonds is 14. The molecule has 4 nitrogen and oxygen atoms in total. The smallest absolute Gasteiger partial charge is 0.145 e. The van der Waals surface area contributed by atoms with E-state index in [-0.39, 0.29) is 5.41 Å². The van der Waals surface area contributed by atoms with Crippen LogP contribution < -0.4 is 21.2 Å². The van der Waals surface area contributed by atoms with Crippen LogP contribution >= 0.6 is 14.3 Å². The lowest BCUT2D eigenvalue weighted by molar-refractivity contribution is 0.0371. The Morgan fingerprint density at radius 3 is 1.03 bits per heavy atom. The minimum atomic E-state index is -2.78. The van der Waals surface area contributed by atoms with Gasteiger partial charge >= 0.3 is 0 Å². The summed E-state index contributed by atoms with van der Waals surface area (Å²) in [4.78, 5) is 0. The van der Waals surface area contributed by atoms with Gasteiger partial charge in [-0.25, -0.2) is 0 Å². The van der Waals surface area contributed by atoms with Gasteiger partial charge in [-0.1, -0.05) is 121 Å². The van der Waals surface area contributed by atoms with Crippen molar-refractivity contribution in [3.05, 3.63) is 121 Å². The van der Waals surface area contributed by atoms with Crippen LogP contribution in [-0.4, -0.2) is 38.8 Å². The zero-order chi connectivity index (χ0) is 27.0. The molecule has 0 unspecified atom stereocenters. The zero-order valence-electron chi connectivity index (χ0n) is 22.2. The highest BCUT2D eigenvalue weighted by Crippen LogP contribution is 2.48. The van der Waals surface area contributed by atoms with Crippen LogP contribution in [0.25, 0.3) is 0 Å². The molecule has 39 heavy (non-hydrogen) atoms. The fraction of sp³-hybridized carbons (Fsp3) is 0.273. The second-order valence-corrected chi connectivity index (χ2v) is 16.3. The molecule has 1 aliphatic carbocycles. The Balaban J connectivity index is 1.14. The highest BCUT2D eigenvalue weighted by molar-refractivity contribution is 7.79. The van der Waals surface area contributed by atoms with E-state index in [1.807, 2.05) is 121 Å². The molecule has 1 saturated carbocycles. The fourth-order valence-corrected chi connectivity index (χ4v) is 9.98. The molecule has 0 atom stereocenters. The largest absolute Gasteiger partial charge is 0.380 e. The monoisotopic (exact) mass is 558 g/mol. The standard InChI is InChI=1S/C33H36O4P2/c34-38(29-13-5-1-6-14-29,30-15-7-2-8-16-30)25-23-36-27-33(21-22-33)28-37-24-26-39(35,31-17-9-3-10-18-31)32-19-11-4-12-20-32/h1-20H,21-28H2. The van der Waals surface area contributed by atoms with Crippen molar-refractivity contribution in [3.8, 4) is 0 Å². The maximum Gasteiger partial charge on any atom is 0.145 e. The molecular weight excluding hydrogens is 522 g/mol. The van der Waals surface area contributed by atoms with Crippen molar-refractivity contribution in [1.29, 1.82) is 0 Å². The minimum Gasteiger partial charge on any atom is -0.380 e. The van der Waals surface area contributed by atoms with Crippen LogP contribution in [0.5, 0.6) is 0 Å². The first-order valence-electron chi connectivity index (χ1n) is 13.6. The second kappa shape index (κ2) is 12.6. The topological polar surface area (TPSA) is 52.6 Å². The Morgan fingerprint density at radius 1 is 0.487 bits per heavy atom. The molecule has 4 aromatic rings. The first-order chi connectivity index (χ1) is 19.0. The van der Waals surface area contributed by atoms with E-state index in [0.717, 1.165) is 34.1 Å². The van der Waals surface area contributed by atoms with Crippen LogP contribution in [0.4, 0.5) is 0 Å². The molecule has 202 valence electrons. The third-order valence-corrected chi connectivity index (χ3v) is 13.7. The zero-order valence-corrected chi connectivity index (χ0v) is 24.0. The Hall–Kier alpha value is -2.74. The second-order valence-electron chi connectivity index (χ2n) is 10.4. The summed E-state index contributed by atoms with van der Waals surface area (Å²) in [5.74, 6) is 0. The summed E-state index contributed by atoms with van der Waals surface area (Å²) in [7, 11) is -5.55. The molecule has 0 amide bonds. The van der Waals surface area contributed by atoms with E-state index >= 15 is 0 Å².